The van der Waals surface area contributed by atoms with Crippen LogP contribution in [-0.4, -0.2) is 34.0 Å². The maximum absolute atomic E-state index is 6.07. The van der Waals surface area contributed by atoms with E-state index < -0.39 is 0 Å². The molecule has 17 heavy (non-hydrogen) atoms. The lowest BCUT2D eigenvalue weighted by Crippen LogP contribution is -2.01. The van der Waals surface area contributed by atoms with Crippen LogP contribution in [0.3, 0.4) is 0 Å². The topological polar surface area (TPSA) is 0 Å². The third-order valence-corrected chi connectivity index (χ3v) is 4.92. The van der Waals surface area contributed by atoms with Gasteiger partial charge in [0.15, 0.2) is 0 Å². The second-order valence-electron chi connectivity index (χ2n) is 4.05. The van der Waals surface area contributed by atoms with E-state index in [4.69, 9.17) is 46.4 Å². The summed E-state index contributed by atoms with van der Waals surface area (Å²) in [5.41, 5.74) is 0. The van der Waals surface area contributed by atoms with Gasteiger partial charge < -0.3 is 0 Å². The zero-order valence-corrected chi connectivity index (χ0v) is 14.0. The summed E-state index contributed by atoms with van der Waals surface area (Å²) in [6.07, 6.45) is 6.35. The molecule has 0 aromatic carbocycles. The molecule has 0 aliphatic carbocycles. The molecule has 0 saturated carbocycles. The number of hydrogen-bond acceptors (Lipinski definition) is 1. The van der Waals surface area contributed by atoms with Gasteiger partial charge in [-0.3, -0.25) is 0 Å². The Bertz CT molecular complexity index is 141. The van der Waals surface area contributed by atoms with Gasteiger partial charge in [0.1, 0.15) is 0 Å². The third-order valence-electron chi connectivity index (χ3n) is 2.46. The highest BCUT2D eigenvalue weighted by Gasteiger charge is 2.04. The van der Waals surface area contributed by atoms with Crippen LogP contribution < -0.4 is 0 Å². The maximum Gasteiger partial charge on any atom is 0.0347 e. The van der Waals surface area contributed by atoms with Gasteiger partial charge in [0.2, 0.25) is 0 Å². The van der Waals surface area contributed by atoms with Crippen LogP contribution >= 0.6 is 58.2 Å². The minimum atomic E-state index is 0.254. The smallest absolute Gasteiger partial charge is 0.0347 e. The van der Waals surface area contributed by atoms with Crippen molar-refractivity contribution in [2.75, 3.05) is 23.3 Å². The average molecular weight is 340 g/mol. The number of alkyl halides is 4. The van der Waals surface area contributed by atoms with E-state index in [0.717, 1.165) is 25.7 Å². The van der Waals surface area contributed by atoms with Crippen molar-refractivity contribution in [1.29, 1.82) is 0 Å². The first-order valence-corrected chi connectivity index (χ1v) is 9.28. The minimum absolute atomic E-state index is 0.254. The molecule has 0 heterocycles. The van der Waals surface area contributed by atoms with Gasteiger partial charge >= 0.3 is 0 Å². The van der Waals surface area contributed by atoms with Gasteiger partial charge in [0.25, 0.3) is 0 Å². The van der Waals surface area contributed by atoms with E-state index in [9.17, 15) is 0 Å². The van der Waals surface area contributed by atoms with Crippen LogP contribution in [0.5, 0.6) is 0 Å². The van der Waals surface area contributed by atoms with Gasteiger partial charge in [-0.1, -0.05) is 0 Å². The minimum Gasteiger partial charge on any atom is -0.162 e. The van der Waals surface area contributed by atoms with Crippen molar-refractivity contribution in [2.45, 2.75) is 49.3 Å². The van der Waals surface area contributed by atoms with E-state index in [1.165, 1.54) is 24.3 Å². The molecule has 0 aliphatic heterocycles. The van der Waals surface area contributed by atoms with Crippen molar-refractivity contribution < 1.29 is 0 Å². The summed E-state index contributed by atoms with van der Waals surface area (Å²) in [5.74, 6) is 3.71. The second kappa shape index (κ2) is 13.9. The molecule has 104 valence electrons. The van der Waals surface area contributed by atoms with E-state index >= 15 is 0 Å². The molecule has 0 aromatic rings. The predicted molar refractivity (Wildman–Crippen MR) is 85.7 cm³/mol. The summed E-state index contributed by atoms with van der Waals surface area (Å²) in [6.45, 7) is 0. The molecule has 0 spiro atoms. The van der Waals surface area contributed by atoms with E-state index in [0.29, 0.717) is 11.8 Å². The van der Waals surface area contributed by atoms with Crippen LogP contribution in [0.2, 0.25) is 0 Å². The Balaban J connectivity index is 3.13. The van der Waals surface area contributed by atoms with Gasteiger partial charge in [-0.15, -0.1) is 46.4 Å². The van der Waals surface area contributed by atoms with Crippen LogP contribution in [0, 0.1) is 0 Å². The van der Waals surface area contributed by atoms with Crippen LogP contribution in [0.4, 0.5) is 0 Å². The Hall–Kier alpha value is 1.51. The molecule has 0 bridgehead atoms. The zero-order valence-electron chi connectivity index (χ0n) is 10.1. The maximum atomic E-state index is 6.07. The van der Waals surface area contributed by atoms with E-state index in [-0.39, 0.29) is 10.8 Å². The Labute approximate surface area is 130 Å². The highest BCUT2D eigenvalue weighted by molar-refractivity contribution is 7.99. The number of rotatable bonds is 12. The summed E-state index contributed by atoms with van der Waals surface area (Å²) in [6, 6.07) is 0. The molecule has 0 radical (unpaired) electrons. The summed E-state index contributed by atoms with van der Waals surface area (Å²) in [5, 5.41) is 0.507. The zero-order chi connectivity index (χ0) is 12.9. The second-order valence-corrected chi connectivity index (χ2v) is 7.26. The first-order chi connectivity index (χ1) is 8.20. The molecule has 0 saturated heterocycles. The normalized spacial score (nSPS) is 14.8. The lowest BCUT2D eigenvalue weighted by molar-refractivity contribution is 0.712. The Morgan fingerprint density at radius 3 is 1.47 bits per heavy atom. The fourth-order valence-corrected chi connectivity index (χ4v) is 3.66. The number of hydrogen-bond donors (Lipinski definition) is 0. The highest BCUT2D eigenvalue weighted by Crippen LogP contribution is 2.16. The molecule has 5 heteroatoms. The molecule has 0 aromatic heterocycles. The van der Waals surface area contributed by atoms with E-state index in [1.807, 2.05) is 11.8 Å². The third kappa shape index (κ3) is 13.7. The van der Waals surface area contributed by atoms with Crippen molar-refractivity contribution in [1.82, 2.24) is 0 Å². The van der Waals surface area contributed by atoms with Crippen LogP contribution in [0.25, 0.3) is 0 Å². The predicted octanol–water partition coefficient (Wildman–Crippen LogP) is 5.75. The SMILES string of the molecule is ClCCC(Cl)CCCSCCCC(Cl)CCCl. The number of thioether (sulfide) groups is 1. The lowest BCUT2D eigenvalue weighted by Gasteiger charge is -2.08. The first-order valence-electron chi connectivity index (χ1n) is 6.18. The van der Waals surface area contributed by atoms with Crippen molar-refractivity contribution in [3.05, 3.63) is 0 Å². The summed E-state index contributed by atoms with van der Waals surface area (Å²) < 4.78 is 0. The van der Waals surface area contributed by atoms with Crippen molar-refractivity contribution in [3.63, 3.8) is 0 Å². The fraction of sp³-hybridized carbons (Fsp3) is 1.00. The van der Waals surface area contributed by atoms with E-state index in [2.05, 4.69) is 0 Å². The standard InChI is InChI=1S/C12H22Cl4S/c13-7-5-11(15)3-1-9-17-10-2-4-12(16)6-8-14/h11-12H,1-10H2. The number of halogens is 4. The molecule has 0 N–H and O–H groups in total. The lowest BCUT2D eigenvalue weighted by atomic mass is 10.2. The van der Waals surface area contributed by atoms with Gasteiger partial charge in [0.05, 0.1) is 0 Å². The quantitative estimate of drug-likeness (QED) is 0.322. The molecule has 0 nitrogen and oxygen atoms in total. The first kappa shape index (κ1) is 18.5. The van der Waals surface area contributed by atoms with Crippen LogP contribution in [0.15, 0.2) is 0 Å². The summed E-state index contributed by atoms with van der Waals surface area (Å²) in [4.78, 5) is 0. The highest BCUT2D eigenvalue weighted by atomic mass is 35.5. The molecule has 0 fully saturated rings. The molecule has 0 aliphatic rings. The van der Waals surface area contributed by atoms with Gasteiger partial charge in [-0.25, -0.2) is 0 Å². The van der Waals surface area contributed by atoms with Gasteiger partial charge in [0, 0.05) is 22.5 Å². The van der Waals surface area contributed by atoms with Gasteiger partial charge in [-0.2, -0.15) is 11.8 Å². The van der Waals surface area contributed by atoms with Crippen molar-refractivity contribution in [3.8, 4) is 0 Å². The molecule has 2 unspecified atom stereocenters. The Kier molecular flexibility index (Phi) is 15.2. The Morgan fingerprint density at radius 1 is 0.706 bits per heavy atom. The van der Waals surface area contributed by atoms with Crippen molar-refractivity contribution >= 4 is 58.2 Å². The molecule has 2 atom stereocenters. The Morgan fingerprint density at radius 2 is 1.12 bits per heavy atom. The fourth-order valence-electron chi connectivity index (χ4n) is 1.44. The largest absolute Gasteiger partial charge is 0.162 e. The van der Waals surface area contributed by atoms with Crippen molar-refractivity contribution in [2.24, 2.45) is 0 Å². The van der Waals surface area contributed by atoms with Gasteiger partial charge in [-0.05, 0) is 50.0 Å². The molecule has 0 amide bonds. The molecular formula is C12H22Cl4S. The monoisotopic (exact) mass is 338 g/mol. The summed E-state index contributed by atoms with van der Waals surface area (Å²) in [7, 11) is 0. The van der Waals surface area contributed by atoms with Crippen LogP contribution in [0.1, 0.15) is 38.5 Å². The molecular weight excluding hydrogens is 318 g/mol. The van der Waals surface area contributed by atoms with Crippen LogP contribution in [-0.2, 0) is 0 Å². The average Bonchev–Trinajstić information content (AvgIpc) is 2.28. The van der Waals surface area contributed by atoms with E-state index in [1.54, 1.807) is 0 Å². The summed E-state index contributed by atoms with van der Waals surface area (Å²) >= 11 is 25.4. The molecule has 0 rings (SSSR count).